The Morgan fingerprint density at radius 2 is 1.56 bits per heavy atom. The van der Waals surface area contributed by atoms with Crippen LogP contribution in [0.5, 0.6) is 0 Å². The zero-order valence-corrected chi connectivity index (χ0v) is 17.7. The number of nitrogens with zero attached hydrogens (tertiary/aromatic N) is 1. The van der Waals surface area contributed by atoms with Crippen molar-refractivity contribution in [2.75, 3.05) is 13.2 Å². The highest BCUT2D eigenvalue weighted by Crippen LogP contribution is 2.36. The molecule has 34 heavy (non-hydrogen) atoms. The van der Waals surface area contributed by atoms with Crippen LogP contribution in [0.1, 0.15) is 38.5 Å². The average Bonchev–Trinajstić information content (AvgIpc) is 2.81. The number of aromatic nitrogens is 1. The molecule has 1 unspecified atom stereocenters. The molecule has 0 aliphatic rings. The molecular weight excluding hydrogens is 462 g/mol. The number of pyridine rings is 1. The molecule has 1 atom stereocenters. The summed E-state index contributed by atoms with van der Waals surface area (Å²) in [5.74, 6) is -0.767. The minimum atomic E-state index is -4.93. The van der Waals surface area contributed by atoms with E-state index in [4.69, 9.17) is 4.74 Å². The number of halogens is 6. The summed E-state index contributed by atoms with van der Waals surface area (Å²) < 4.78 is 83.9. The van der Waals surface area contributed by atoms with Crippen LogP contribution in [-0.2, 0) is 23.7 Å². The lowest BCUT2D eigenvalue weighted by molar-refractivity contribution is -0.143. The van der Waals surface area contributed by atoms with E-state index in [1.165, 1.54) is 12.4 Å². The Kier molecular flexibility index (Phi) is 7.93. The van der Waals surface area contributed by atoms with Crippen molar-refractivity contribution in [1.82, 2.24) is 10.3 Å². The Morgan fingerprint density at radius 3 is 2.12 bits per heavy atom. The second-order valence-electron chi connectivity index (χ2n) is 7.49. The van der Waals surface area contributed by atoms with Gasteiger partial charge in [0.05, 0.1) is 29.9 Å². The Morgan fingerprint density at radius 1 is 0.912 bits per heavy atom. The van der Waals surface area contributed by atoms with Gasteiger partial charge in [-0.05, 0) is 41.5 Å². The summed E-state index contributed by atoms with van der Waals surface area (Å²) in [6.07, 6.45) is -6.94. The predicted molar refractivity (Wildman–Crippen MR) is 112 cm³/mol. The molecule has 0 aliphatic heterocycles. The molecule has 1 amide bonds. The Hall–Kier alpha value is -3.40. The minimum absolute atomic E-state index is 0.0467. The number of amides is 1. The highest BCUT2D eigenvalue weighted by atomic mass is 19.4. The molecule has 2 aromatic carbocycles. The summed E-state index contributed by atoms with van der Waals surface area (Å²) in [7, 11) is 0. The van der Waals surface area contributed by atoms with E-state index in [1.807, 2.05) is 0 Å². The molecule has 4 nitrogen and oxygen atoms in total. The van der Waals surface area contributed by atoms with Crippen LogP contribution in [0.4, 0.5) is 26.3 Å². The van der Waals surface area contributed by atoms with Crippen LogP contribution >= 0.6 is 0 Å². The quantitative estimate of drug-likeness (QED) is 0.410. The number of hydrogen-bond donors (Lipinski definition) is 1. The van der Waals surface area contributed by atoms with Crippen LogP contribution in [0, 0.1) is 0 Å². The summed E-state index contributed by atoms with van der Waals surface area (Å²) in [5.41, 5.74) is -1.92. The normalized spacial score (nSPS) is 12.9. The van der Waals surface area contributed by atoms with Crippen molar-refractivity contribution < 1.29 is 35.9 Å². The molecule has 0 aliphatic carbocycles. The number of benzene rings is 2. The molecule has 180 valence electrons. The molecule has 0 bridgehead atoms. The summed E-state index contributed by atoms with van der Waals surface area (Å²) in [5, 5.41) is 2.75. The third kappa shape index (κ3) is 7.05. The maximum absolute atomic E-state index is 13.1. The standard InChI is InChI=1S/C24H20F6N2O2/c25-23(26,27)20-9-16(10-21(11-20)24(28,29)30)14-34-15-19(17-5-2-1-3-6-17)13-32-22(33)18-7-4-8-31-12-18/h1-12,19H,13-15H2,(H,32,33). The van der Waals surface area contributed by atoms with Crippen LogP contribution in [0.3, 0.4) is 0 Å². The lowest BCUT2D eigenvalue weighted by atomic mass is 10.00. The van der Waals surface area contributed by atoms with Crippen molar-refractivity contribution in [3.8, 4) is 0 Å². The van der Waals surface area contributed by atoms with E-state index in [0.29, 0.717) is 17.7 Å². The molecule has 1 heterocycles. The first-order valence-electron chi connectivity index (χ1n) is 10.1. The fourth-order valence-corrected chi connectivity index (χ4v) is 3.23. The topological polar surface area (TPSA) is 51.2 Å². The summed E-state index contributed by atoms with van der Waals surface area (Å²) in [6.45, 7) is -0.379. The highest BCUT2D eigenvalue weighted by molar-refractivity contribution is 5.93. The van der Waals surface area contributed by atoms with Gasteiger partial charge >= 0.3 is 12.4 Å². The average molecular weight is 482 g/mol. The molecule has 0 saturated carbocycles. The molecule has 1 aromatic heterocycles. The molecule has 10 heteroatoms. The maximum Gasteiger partial charge on any atom is 0.416 e. The fraction of sp³-hybridized carbons (Fsp3) is 0.250. The van der Waals surface area contributed by atoms with Crippen molar-refractivity contribution in [3.05, 3.63) is 101 Å². The maximum atomic E-state index is 13.1. The van der Waals surface area contributed by atoms with Gasteiger partial charge in [-0.2, -0.15) is 26.3 Å². The largest absolute Gasteiger partial charge is 0.416 e. The van der Waals surface area contributed by atoms with E-state index in [2.05, 4.69) is 10.3 Å². The van der Waals surface area contributed by atoms with Gasteiger partial charge in [0.25, 0.3) is 5.91 Å². The monoisotopic (exact) mass is 482 g/mol. The van der Waals surface area contributed by atoms with Crippen molar-refractivity contribution in [3.63, 3.8) is 0 Å². The van der Waals surface area contributed by atoms with Gasteiger partial charge in [0.15, 0.2) is 0 Å². The van der Waals surface area contributed by atoms with Gasteiger partial charge in [-0.1, -0.05) is 30.3 Å². The van der Waals surface area contributed by atoms with Crippen molar-refractivity contribution in [2.45, 2.75) is 24.9 Å². The third-order valence-corrected chi connectivity index (χ3v) is 4.94. The molecule has 3 aromatic rings. The zero-order chi connectivity index (χ0) is 24.8. The van der Waals surface area contributed by atoms with Crippen LogP contribution < -0.4 is 5.32 Å². The minimum Gasteiger partial charge on any atom is -0.376 e. The number of hydrogen-bond acceptors (Lipinski definition) is 3. The van der Waals surface area contributed by atoms with E-state index in [-0.39, 0.29) is 30.7 Å². The third-order valence-electron chi connectivity index (χ3n) is 4.94. The summed E-state index contributed by atoms with van der Waals surface area (Å²) in [6, 6.07) is 13.4. The van der Waals surface area contributed by atoms with Gasteiger partial charge < -0.3 is 10.1 Å². The van der Waals surface area contributed by atoms with Gasteiger partial charge in [0.2, 0.25) is 0 Å². The molecule has 0 fully saturated rings. The lowest BCUT2D eigenvalue weighted by Gasteiger charge is -2.19. The Labute approximate surface area is 191 Å². The molecule has 0 saturated heterocycles. The fourth-order valence-electron chi connectivity index (χ4n) is 3.23. The summed E-state index contributed by atoms with van der Waals surface area (Å²) >= 11 is 0. The number of carbonyl (C=O) groups excluding carboxylic acids is 1. The van der Waals surface area contributed by atoms with Crippen molar-refractivity contribution in [1.29, 1.82) is 0 Å². The van der Waals surface area contributed by atoms with Gasteiger partial charge in [-0.15, -0.1) is 0 Å². The zero-order valence-electron chi connectivity index (χ0n) is 17.7. The predicted octanol–water partition coefficient (Wildman–Crippen LogP) is 5.85. The molecule has 3 rings (SSSR count). The smallest absolute Gasteiger partial charge is 0.376 e. The van der Waals surface area contributed by atoms with Crippen LogP contribution in [0.2, 0.25) is 0 Å². The second kappa shape index (κ2) is 10.7. The first kappa shape index (κ1) is 25.2. The molecule has 0 radical (unpaired) electrons. The number of ether oxygens (including phenoxy) is 1. The molecule has 0 spiro atoms. The van der Waals surface area contributed by atoms with E-state index in [0.717, 1.165) is 5.56 Å². The SMILES string of the molecule is O=C(NCC(COCc1cc(C(F)(F)F)cc(C(F)(F)F)c1)c1ccccc1)c1cccnc1. The number of alkyl halides is 6. The van der Waals surface area contributed by atoms with Crippen LogP contribution in [0.25, 0.3) is 0 Å². The highest BCUT2D eigenvalue weighted by Gasteiger charge is 2.36. The van der Waals surface area contributed by atoms with Gasteiger partial charge in [0.1, 0.15) is 0 Å². The number of rotatable bonds is 8. The van der Waals surface area contributed by atoms with Crippen LogP contribution in [-0.4, -0.2) is 24.0 Å². The second-order valence-corrected chi connectivity index (χ2v) is 7.49. The Balaban J connectivity index is 1.71. The van der Waals surface area contributed by atoms with Gasteiger partial charge in [-0.25, -0.2) is 0 Å². The molecule has 1 N–H and O–H groups in total. The van der Waals surface area contributed by atoms with E-state index < -0.39 is 36.0 Å². The van der Waals surface area contributed by atoms with Crippen LogP contribution in [0.15, 0.2) is 73.1 Å². The lowest BCUT2D eigenvalue weighted by Crippen LogP contribution is -2.30. The Bertz CT molecular complexity index is 1050. The molecular formula is C24H20F6N2O2. The van der Waals surface area contributed by atoms with E-state index >= 15 is 0 Å². The van der Waals surface area contributed by atoms with Crippen molar-refractivity contribution >= 4 is 5.91 Å². The van der Waals surface area contributed by atoms with Gasteiger partial charge in [-0.3, -0.25) is 9.78 Å². The summed E-state index contributed by atoms with van der Waals surface area (Å²) in [4.78, 5) is 16.2. The van der Waals surface area contributed by atoms with E-state index in [9.17, 15) is 31.1 Å². The van der Waals surface area contributed by atoms with E-state index in [1.54, 1.807) is 42.5 Å². The number of carbonyl (C=O) groups is 1. The van der Waals surface area contributed by atoms with Crippen molar-refractivity contribution in [2.24, 2.45) is 0 Å². The number of nitrogens with one attached hydrogen (secondary N) is 1. The first-order valence-corrected chi connectivity index (χ1v) is 10.1. The van der Waals surface area contributed by atoms with Gasteiger partial charge in [0, 0.05) is 24.9 Å². The first-order chi connectivity index (χ1) is 16.0.